The molecule has 3 heterocycles. The number of rotatable bonds is 4. The van der Waals surface area contributed by atoms with E-state index in [1.807, 2.05) is 12.1 Å². The molecule has 11 aromatic rings. The molecule has 0 aliphatic rings. The summed E-state index contributed by atoms with van der Waals surface area (Å²) < 4.78 is 11.2. The molecule has 3 aromatic heterocycles. The smallest absolute Gasteiger partial charge is 0.135 e. The first kappa shape index (κ1) is 28.0. The average Bonchev–Trinajstić information content (AvgIpc) is 3.86. The largest absolute Gasteiger partial charge is 0.456 e. The molecule has 3 heteroatoms. The molecule has 0 radical (unpaired) electrons. The van der Waals surface area contributed by atoms with Gasteiger partial charge in [-0.05, 0) is 59.7 Å². The van der Waals surface area contributed by atoms with Crippen LogP contribution in [0.3, 0.4) is 0 Å². The summed E-state index contributed by atoms with van der Waals surface area (Å²) >= 11 is 0. The molecule has 0 saturated heterocycles. The van der Waals surface area contributed by atoms with E-state index in [-0.39, 0.29) is 0 Å². The molecule has 51 heavy (non-hydrogen) atoms. The van der Waals surface area contributed by atoms with Crippen molar-refractivity contribution in [3.8, 4) is 33.6 Å². The van der Waals surface area contributed by atoms with E-state index in [4.69, 9.17) is 4.42 Å². The zero-order chi connectivity index (χ0) is 33.5. The monoisotopic (exact) mass is 650 g/mol. The number of benzene rings is 8. The van der Waals surface area contributed by atoms with Crippen molar-refractivity contribution in [2.75, 3.05) is 0 Å². The molecule has 8 aromatic carbocycles. The number of para-hydroxylation sites is 5. The van der Waals surface area contributed by atoms with Crippen molar-refractivity contribution in [3.63, 3.8) is 0 Å². The maximum absolute atomic E-state index is 6.28. The second-order valence-corrected chi connectivity index (χ2v) is 13.3. The van der Waals surface area contributed by atoms with Crippen molar-refractivity contribution in [3.05, 3.63) is 182 Å². The molecule has 0 aliphatic carbocycles. The highest BCUT2D eigenvalue weighted by molar-refractivity contribution is 6.21. The summed E-state index contributed by atoms with van der Waals surface area (Å²) in [7, 11) is 0. The van der Waals surface area contributed by atoms with E-state index in [0.29, 0.717) is 0 Å². The van der Waals surface area contributed by atoms with Gasteiger partial charge in [0, 0.05) is 54.8 Å². The molecular weight excluding hydrogens is 621 g/mol. The zero-order valence-corrected chi connectivity index (χ0v) is 27.6. The van der Waals surface area contributed by atoms with Gasteiger partial charge in [0.25, 0.3) is 0 Å². The molecule has 0 spiro atoms. The van der Waals surface area contributed by atoms with Gasteiger partial charge in [0.2, 0.25) is 0 Å². The summed E-state index contributed by atoms with van der Waals surface area (Å²) in [6.45, 7) is 0. The lowest BCUT2D eigenvalue weighted by Gasteiger charge is -2.18. The Hall–Kier alpha value is -6.84. The third-order valence-electron chi connectivity index (χ3n) is 10.5. The predicted octanol–water partition coefficient (Wildman–Crippen LogP) is 13.1. The first-order valence-corrected chi connectivity index (χ1v) is 17.4. The van der Waals surface area contributed by atoms with E-state index >= 15 is 0 Å². The molecular formula is C48H30N2O. The number of furan rings is 1. The number of fused-ring (bicyclic) bond motifs is 9. The normalized spacial score (nSPS) is 11.9. The Kier molecular flexibility index (Phi) is 5.96. The van der Waals surface area contributed by atoms with Crippen LogP contribution >= 0.6 is 0 Å². The molecule has 0 fully saturated rings. The number of hydrogen-bond donors (Lipinski definition) is 0. The summed E-state index contributed by atoms with van der Waals surface area (Å²) in [5, 5.41) is 7.15. The van der Waals surface area contributed by atoms with Crippen LogP contribution in [0.15, 0.2) is 186 Å². The van der Waals surface area contributed by atoms with Crippen molar-refractivity contribution < 1.29 is 4.42 Å². The minimum Gasteiger partial charge on any atom is -0.456 e. The van der Waals surface area contributed by atoms with E-state index < -0.39 is 0 Å². The Bertz CT molecular complexity index is 3130. The highest BCUT2D eigenvalue weighted by Gasteiger charge is 2.24. The third-order valence-corrected chi connectivity index (χ3v) is 10.5. The quantitative estimate of drug-likeness (QED) is 0.186. The Morgan fingerprint density at radius 3 is 1.69 bits per heavy atom. The van der Waals surface area contributed by atoms with Crippen LogP contribution in [0.25, 0.3) is 99.2 Å². The van der Waals surface area contributed by atoms with Gasteiger partial charge < -0.3 is 13.6 Å². The Morgan fingerprint density at radius 2 is 0.922 bits per heavy atom. The fourth-order valence-corrected chi connectivity index (χ4v) is 8.38. The Balaban J connectivity index is 1.34. The number of nitrogens with zero attached hydrogens (tertiary/aromatic N) is 2. The van der Waals surface area contributed by atoms with E-state index in [2.05, 4.69) is 179 Å². The fraction of sp³-hybridized carbons (Fsp3) is 0. The number of hydrogen-bond acceptors (Lipinski definition) is 1. The van der Waals surface area contributed by atoms with Crippen LogP contribution in [0.1, 0.15) is 0 Å². The predicted molar refractivity (Wildman–Crippen MR) is 213 cm³/mol. The van der Waals surface area contributed by atoms with Gasteiger partial charge in [-0.15, -0.1) is 0 Å². The second-order valence-electron chi connectivity index (χ2n) is 13.3. The zero-order valence-electron chi connectivity index (χ0n) is 27.6. The minimum absolute atomic E-state index is 0.893. The summed E-state index contributed by atoms with van der Waals surface area (Å²) in [4.78, 5) is 0. The van der Waals surface area contributed by atoms with Crippen molar-refractivity contribution in [2.45, 2.75) is 0 Å². The van der Waals surface area contributed by atoms with Crippen LogP contribution < -0.4 is 0 Å². The molecule has 0 N–H and O–H groups in total. The summed E-state index contributed by atoms with van der Waals surface area (Å²) in [6.07, 6.45) is 0. The fourth-order valence-electron chi connectivity index (χ4n) is 8.38. The molecule has 0 unspecified atom stereocenters. The Labute approximate surface area is 293 Å². The molecule has 3 nitrogen and oxygen atoms in total. The molecule has 238 valence electrons. The van der Waals surface area contributed by atoms with E-state index in [1.165, 1.54) is 65.9 Å². The molecule has 0 saturated carbocycles. The third kappa shape index (κ3) is 4.06. The molecule has 0 amide bonds. The minimum atomic E-state index is 0.893. The first-order valence-electron chi connectivity index (χ1n) is 17.4. The highest BCUT2D eigenvalue weighted by Crippen LogP contribution is 2.47. The van der Waals surface area contributed by atoms with Crippen LogP contribution in [0.4, 0.5) is 0 Å². The van der Waals surface area contributed by atoms with Crippen LogP contribution in [-0.2, 0) is 0 Å². The Morgan fingerprint density at radius 1 is 0.333 bits per heavy atom. The topological polar surface area (TPSA) is 23.0 Å². The summed E-state index contributed by atoms with van der Waals surface area (Å²) in [6, 6.07) is 65.6. The second kappa shape index (κ2) is 10.8. The standard InChI is InChI=1S/C48H30N2O/c1-3-14-31(15-4-1)34-27-28-39-36-19-8-10-23-42(36)49(32-16-5-2-6-17-32)48(39)46(34)40-22-13-21-38-35-18-7-11-24-43(35)50(47(38)40)33-26-29-45-41(30-33)37-20-9-12-25-44(37)51-45/h1-30H. The van der Waals surface area contributed by atoms with E-state index in [0.717, 1.165) is 33.3 Å². The van der Waals surface area contributed by atoms with Crippen molar-refractivity contribution in [2.24, 2.45) is 0 Å². The molecule has 11 rings (SSSR count). The van der Waals surface area contributed by atoms with Gasteiger partial charge in [-0.3, -0.25) is 0 Å². The molecule has 0 aliphatic heterocycles. The summed E-state index contributed by atoms with van der Waals surface area (Å²) in [5.74, 6) is 0. The maximum atomic E-state index is 6.28. The van der Waals surface area contributed by atoms with Gasteiger partial charge in [0.05, 0.1) is 22.1 Å². The van der Waals surface area contributed by atoms with Crippen LogP contribution in [0, 0.1) is 0 Å². The van der Waals surface area contributed by atoms with Gasteiger partial charge in [-0.25, -0.2) is 0 Å². The maximum Gasteiger partial charge on any atom is 0.135 e. The lowest BCUT2D eigenvalue weighted by atomic mass is 9.90. The highest BCUT2D eigenvalue weighted by atomic mass is 16.3. The van der Waals surface area contributed by atoms with Gasteiger partial charge in [-0.2, -0.15) is 0 Å². The lowest BCUT2D eigenvalue weighted by Crippen LogP contribution is -1.99. The van der Waals surface area contributed by atoms with E-state index in [1.54, 1.807) is 0 Å². The van der Waals surface area contributed by atoms with Gasteiger partial charge in [0.1, 0.15) is 11.2 Å². The molecule has 0 bridgehead atoms. The van der Waals surface area contributed by atoms with Crippen molar-refractivity contribution in [1.29, 1.82) is 0 Å². The number of aromatic nitrogens is 2. The van der Waals surface area contributed by atoms with Crippen LogP contribution in [0.2, 0.25) is 0 Å². The van der Waals surface area contributed by atoms with Gasteiger partial charge in [0.15, 0.2) is 0 Å². The van der Waals surface area contributed by atoms with Crippen LogP contribution in [-0.4, -0.2) is 9.13 Å². The first-order chi connectivity index (χ1) is 25.3. The van der Waals surface area contributed by atoms with Crippen molar-refractivity contribution >= 4 is 65.6 Å². The van der Waals surface area contributed by atoms with Crippen LogP contribution in [0.5, 0.6) is 0 Å². The lowest BCUT2D eigenvalue weighted by molar-refractivity contribution is 0.669. The van der Waals surface area contributed by atoms with E-state index in [9.17, 15) is 0 Å². The average molecular weight is 651 g/mol. The van der Waals surface area contributed by atoms with Crippen molar-refractivity contribution in [1.82, 2.24) is 9.13 Å². The summed E-state index contributed by atoms with van der Waals surface area (Å²) in [5.41, 5.74) is 13.6. The van der Waals surface area contributed by atoms with Gasteiger partial charge in [-0.1, -0.05) is 133 Å². The molecule has 0 atom stereocenters. The van der Waals surface area contributed by atoms with Gasteiger partial charge >= 0.3 is 0 Å². The SMILES string of the molecule is c1ccc(-c2ccc3c4ccccc4n(-c4ccccc4)c3c2-c2cccc3c4ccccc4n(-c4ccc5oc6ccccc6c5c4)c23)cc1.